The lowest BCUT2D eigenvalue weighted by molar-refractivity contribution is -0.141. The molecule has 0 radical (unpaired) electrons. The fourth-order valence-electron chi connectivity index (χ4n) is 4.29. The largest absolute Gasteiger partial charge is 0.480 e. The lowest BCUT2D eigenvalue weighted by atomic mass is 9.84. The lowest BCUT2D eigenvalue weighted by Crippen LogP contribution is -2.46. The maximum absolute atomic E-state index is 13.1. The summed E-state index contributed by atoms with van der Waals surface area (Å²) in [5.74, 6) is 0.128. The van der Waals surface area contributed by atoms with Crippen molar-refractivity contribution in [3.05, 3.63) is 35.7 Å². The van der Waals surface area contributed by atoms with Crippen molar-refractivity contribution in [2.24, 2.45) is 5.92 Å². The standard InChI is InChI=1S/C19H21N3O4/c1-11-20-17(26-21-11)12-6-8-13(9-7-12)18(23)22-15-5-3-2-4-14(15)10-16(22)19(24)25/h6-9,14-16H,2-5,10H2,1H3,(H,24,25). The predicted octanol–water partition coefficient (Wildman–Crippen LogP) is 2.90. The average Bonchev–Trinajstić information content (AvgIpc) is 3.25. The highest BCUT2D eigenvalue weighted by atomic mass is 16.5. The zero-order chi connectivity index (χ0) is 18.3. The normalized spacial score (nSPS) is 25.1. The molecule has 1 aromatic carbocycles. The molecular weight excluding hydrogens is 334 g/mol. The molecule has 2 aromatic rings. The van der Waals surface area contributed by atoms with Crippen LogP contribution in [0, 0.1) is 12.8 Å². The summed E-state index contributed by atoms with van der Waals surface area (Å²) in [7, 11) is 0. The number of hydrogen-bond acceptors (Lipinski definition) is 5. The minimum Gasteiger partial charge on any atom is -0.480 e. The highest BCUT2D eigenvalue weighted by Crippen LogP contribution is 2.40. The van der Waals surface area contributed by atoms with E-state index in [2.05, 4.69) is 10.1 Å². The Hall–Kier alpha value is -2.70. The second-order valence-corrected chi connectivity index (χ2v) is 7.14. The zero-order valence-electron chi connectivity index (χ0n) is 14.6. The Morgan fingerprint density at radius 2 is 1.92 bits per heavy atom. The summed E-state index contributed by atoms with van der Waals surface area (Å²) in [6.07, 6.45) is 4.62. The molecule has 2 fully saturated rings. The van der Waals surface area contributed by atoms with Crippen LogP contribution in [0.1, 0.15) is 48.3 Å². The van der Waals surface area contributed by atoms with Crippen LogP contribution in [0.2, 0.25) is 0 Å². The van der Waals surface area contributed by atoms with Crippen LogP contribution in [0.15, 0.2) is 28.8 Å². The van der Waals surface area contributed by atoms with E-state index in [1.165, 1.54) is 0 Å². The van der Waals surface area contributed by atoms with Gasteiger partial charge in [0.2, 0.25) is 0 Å². The number of carbonyl (C=O) groups excluding carboxylic acids is 1. The van der Waals surface area contributed by atoms with Crippen LogP contribution in [0.3, 0.4) is 0 Å². The summed E-state index contributed by atoms with van der Waals surface area (Å²) in [4.78, 5) is 30.6. The number of carboxylic acid groups (broad SMARTS) is 1. The molecule has 0 spiro atoms. The van der Waals surface area contributed by atoms with E-state index < -0.39 is 12.0 Å². The van der Waals surface area contributed by atoms with Crippen LogP contribution >= 0.6 is 0 Å². The number of carboxylic acids is 1. The van der Waals surface area contributed by atoms with Gasteiger partial charge in [-0.2, -0.15) is 4.98 Å². The lowest BCUT2D eigenvalue weighted by Gasteiger charge is -2.33. The van der Waals surface area contributed by atoms with E-state index >= 15 is 0 Å². The monoisotopic (exact) mass is 355 g/mol. The van der Waals surface area contributed by atoms with E-state index in [1.54, 1.807) is 36.1 Å². The van der Waals surface area contributed by atoms with Crippen molar-refractivity contribution in [3.63, 3.8) is 0 Å². The quantitative estimate of drug-likeness (QED) is 0.909. The van der Waals surface area contributed by atoms with Gasteiger partial charge in [0.25, 0.3) is 11.8 Å². The Balaban J connectivity index is 1.60. The minimum absolute atomic E-state index is 0.0376. The predicted molar refractivity (Wildman–Crippen MR) is 92.4 cm³/mol. The molecular formula is C19H21N3O4. The number of carbonyl (C=O) groups is 2. The Labute approximate surface area is 151 Å². The van der Waals surface area contributed by atoms with Gasteiger partial charge in [0.15, 0.2) is 5.82 Å². The van der Waals surface area contributed by atoms with E-state index in [-0.39, 0.29) is 11.9 Å². The summed E-state index contributed by atoms with van der Waals surface area (Å²) < 4.78 is 5.14. The van der Waals surface area contributed by atoms with Crippen LogP contribution < -0.4 is 0 Å². The van der Waals surface area contributed by atoms with Gasteiger partial charge < -0.3 is 14.5 Å². The number of fused-ring (bicyclic) bond motifs is 1. The molecule has 7 nitrogen and oxygen atoms in total. The van der Waals surface area contributed by atoms with Crippen LogP contribution in [-0.4, -0.2) is 44.1 Å². The second kappa shape index (κ2) is 6.55. The van der Waals surface area contributed by atoms with Crippen LogP contribution in [-0.2, 0) is 4.79 Å². The van der Waals surface area contributed by atoms with Crippen LogP contribution in [0.25, 0.3) is 11.5 Å². The van der Waals surface area contributed by atoms with Crippen LogP contribution in [0.4, 0.5) is 0 Å². The fourth-order valence-corrected chi connectivity index (χ4v) is 4.29. The first kappa shape index (κ1) is 16.8. The molecule has 26 heavy (non-hydrogen) atoms. The molecule has 1 saturated carbocycles. The average molecular weight is 355 g/mol. The molecule has 1 amide bonds. The van der Waals surface area contributed by atoms with Gasteiger partial charge in [-0.05, 0) is 56.4 Å². The number of likely N-dealkylation sites (tertiary alicyclic amines) is 1. The Morgan fingerprint density at radius 3 is 2.58 bits per heavy atom. The second-order valence-electron chi connectivity index (χ2n) is 7.14. The van der Waals surface area contributed by atoms with Crippen molar-refractivity contribution in [3.8, 4) is 11.5 Å². The van der Waals surface area contributed by atoms with Gasteiger partial charge in [0, 0.05) is 17.2 Å². The molecule has 1 aliphatic carbocycles. The third-order valence-electron chi connectivity index (χ3n) is 5.51. The maximum Gasteiger partial charge on any atom is 0.326 e. The topological polar surface area (TPSA) is 96.5 Å². The molecule has 3 unspecified atom stereocenters. The molecule has 136 valence electrons. The summed E-state index contributed by atoms with van der Waals surface area (Å²) in [5, 5.41) is 13.4. The van der Waals surface area contributed by atoms with Crippen LogP contribution in [0.5, 0.6) is 0 Å². The molecule has 2 heterocycles. The molecule has 1 aliphatic heterocycles. The number of benzene rings is 1. The Kier molecular flexibility index (Phi) is 4.22. The molecule has 1 N–H and O–H groups in total. The number of aliphatic carboxylic acids is 1. The first-order chi connectivity index (χ1) is 12.5. The van der Waals surface area contributed by atoms with E-state index in [0.717, 1.165) is 31.2 Å². The van der Waals surface area contributed by atoms with Gasteiger partial charge >= 0.3 is 5.97 Å². The third-order valence-corrected chi connectivity index (χ3v) is 5.51. The van der Waals surface area contributed by atoms with Crippen molar-refractivity contribution in [2.75, 3.05) is 0 Å². The third kappa shape index (κ3) is 2.87. The summed E-state index contributed by atoms with van der Waals surface area (Å²) in [5.41, 5.74) is 1.22. The zero-order valence-corrected chi connectivity index (χ0v) is 14.6. The smallest absolute Gasteiger partial charge is 0.326 e. The van der Waals surface area contributed by atoms with Gasteiger partial charge in [-0.3, -0.25) is 4.79 Å². The number of aromatic nitrogens is 2. The molecule has 3 atom stereocenters. The summed E-state index contributed by atoms with van der Waals surface area (Å²) in [6.45, 7) is 1.74. The molecule has 1 saturated heterocycles. The number of amides is 1. The molecule has 2 aliphatic rings. The molecule has 7 heteroatoms. The van der Waals surface area contributed by atoms with Crippen molar-refractivity contribution < 1.29 is 19.2 Å². The highest BCUT2D eigenvalue weighted by molar-refractivity contribution is 5.97. The minimum atomic E-state index is -0.911. The summed E-state index contributed by atoms with van der Waals surface area (Å²) >= 11 is 0. The Morgan fingerprint density at radius 1 is 1.19 bits per heavy atom. The van der Waals surface area contributed by atoms with Crippen molar-refractivity contribution in [2.45, 2.75) is 51.1 Å². The first-order valence-corrected chi connectivity index (χ1v) is 9.01. The number of hydrogen-bond donors (Lipinski definition) is 1. The van der Waals surface area contributed by atoms with Gasteiger partial charge in [-0.15, -0.1) is 0 Å². The molecule has 4 rings (SSSR count). The van der Waals surface area contributed by atoms with Gasteiger partial charge in [-0.25, -0.2) is 4.79 Å². The van der Waals surface area contributed by atoms with Gasteiger partial charge in [-0.1, -0.05) is 18.0 Å². The van der Waals surface area contributed by atoms with Gasteiger partial charge in [0.1, 0.15) is 6.04 Å². The SMILES string of the molecule is Cc1noc(-c2ccc(C(=O)N3C(C(=O)O)CC4CCCCC43)cc2)n1. The number of nitrogens with zero attached hydrogens (tertiary/aromatic N) is 3. The number of rotatable bonds is 3. The van der Waals surface area contributed by atoms with Gasteiger partial charge in [0.05, 0.1) is 0 Å². The van der Waals surface area contributed by atoms with E-state index in [4.69, 9.17) is 4.52 Å². The number of aryl methyl sites for hydroxylation is 1. The van der Waals surface area contributed by atoms with E-state index in [0.29, 0.717) is 29.6 Å². The van der Waals surface area contributed by atoms with Crippen molar-refractivity contribution in [1.29, 1.82) is 0 Å². The highest BCUT2D eigenvalue weighted by Gasteiger charge is 2.47. The molecule has 0 bridgehead atoms. The van der Waals surface area contributed by atoms with E-state index in [1.807, 2.05) is 0 Å². The summed E-state index contributed by atoms with van der Waals surface area (Å²) in [6, 6.07) is 6.22. The van der Waals surface area contributed by atoms with Crippen molar-refractivity contribution in [1.82, 2.24) is 15.0 Å². The van der Waals surface area contributed by atoms with E-state index in [9.17, 15) is 14.7 Å². The molecule has 1 aromatic heterocycles. The maximum atomic E-state index is 13.1. The Bertz CT molecular complexity index is 830. The fraction of sp³-hybridized carbons (Fsp3) is 0.474. The first-order valence-electron chi connectivity index (χ1n) is 9.01. The van der Waals surface area contributed by atoms with Crippen molar-refractivity contribution >= 4 is 11.9 Å².